The summed E-state index contributed by atoms with van der Waals surface area (Å²) >= 11 is 0. The molecule has 2 heterocycles. The fraction of sp³-hybridized carbons (Fsp3) is 0.0588. The van der Waals surface area contributed by atoms with E-state index in [1.807, 2.05) is 48.5 Å². The maximum Gasteiger partial charge on any atom is 0.440 e. The summed E-state index contributed by atoms with van der Waals surface area (Å²) in [7, 11) is 0. The van der Waals surface area contributed by atoms with Crippen LogP contribution in [0.15, 0.2) is 64.9 Å². The molecule has 0 N–H and O–H groups in total. The first kappa shape index (κ1) is 12.6. The zero-order valence-electron chi connectivity index (χ0n) is 11.5. The normalized spacial score (nSPS) is 13.8. The van der Waals surface area contributed by atoms with E-state index < -0.39 is 4.92 Å². The van der Waals surface area contributed by atoms with Crippen LogP contribution in [0.25, 0.3) is 16.5 Å². The van der Waals surface area contributed by atoms with Crippen molar-refractivity contribution in [3.63, 3.8) is 0 Å². The van der Waals surface area contributed by atoms with Crippen molar-refractivity contribution in [3.8, 4) is 0 Å². The third-order valence-corrected chi connectivity index (χ3v) is 3.70. The van der Waals surface area contributed by atoms with Gasteiger partial charge in [-0.25, -0.2) is 0 Å². The average molecular weight is 293 g/mol. The maximum absolute atomic E-state index is 11.3. The summed E-state index contributed by atoms with van der Waals surface area (Å²) in [6, 6.07) is 16.8. The molecule has 0 unspecified atom stereocenters. The van der Waals surface area contributed by atoms with Crippen molar-refractivity contribution in [1.29, 1.82) is 0 Å². The zero-order chi connectivity index (χ0) is 15.1. The molecule has 108 valence electrons. The van der Waals surface area contributed by atoms with E-state index >= 15 is 0 Å². The number of rotatable bonds is 2. The van der Waals surface area contributed by atoms with E-state index in [0.717, 1.165) is 16.5 Å². The predicted molar refractivity (Wildman–Crippen MR) is 80.5 cm³/mol. The number of fused-ring (bicyclic) bond motifs is 2. The van der Waals surface area contributed by atoms with Crippen LogP contribution in [0, 0.1) is 10.1 Å². The molecule has 1 aromatic heterocycles. The fourth-order valence-electron chi connectivity index (χ4n) is 2.71. The number of ether oxygens (including phenoxy) is 1. The van der Waals surface area contributed by atoms with Crippen LogP contribution in [-0.4, -0.2) is 4.92 Å². The number of furan rings is 1. The Morgan fingerprint density at radius 1 is 1.05 bits per heavy atom. The van der Waals surface area contributed by atoms with Crippen LogP contribution in [0.2, 0.25) is 0 Å². The van der Waals surface area contributed by atoms with Gasteiger partial charge in [0.1, 0.15) is 28.4 Å². The fourth-order valence-corrected chi connectivity index (χ4v) is 2.71. The minimum absolute atomic E-state index is 0.191. The van der Waals surface area contributed by atoms with Crippen molar-refractivity contribution in [2.45, 2.75) is 6.61 Å². The largest absolute Gasteiger partial charge is 0.456 e. The smallest absolute Gasteiger partial charge is 0.440 e. The van der Waals surface area contributed by atoms with Crippen molar-refractivity contribution < 1.29 is 14.1 Å². The Kier molecular flexibility index (Phi) is 2.72. The molecule has 22 heavy (non-hydrogen) atoms. The Hall–Kier alpha value is -3.08. The van der Waals surface area contributed by atoms with Gasteiger partial charge in [0, 0.05) is 10.9 Å². The summed E-state index contributed by atoms with van der Waals surface area (Å²) in [5.41, 5.74) is 2.77. The number of hydrogen-bond acceptors (Lipinski definition) is 4. The molecule has 4 rings (SSSR count). The molecule has 3 aromatic rings. The second-order valence-corrected chi connectivity index (χ2v) is 5.03. The van der Waals surface area contributed by atoms with Crippen LogP contribution in [0.3, 0.4) is 0 Å². The van der Waals surface area contributed by atoms with Crippen molar-refractivity contribution in [2.75, 3.05) is 0 Å². The number of benzene rings is 2. The van der Waals surface area contributed by atoms with Crippen molar-refractivity contribution >= 4 is 16.5 Å². The van der Waals surface area contributed by atoms with Gasteiger partial charge in [-0.2, -0.15) is 0 Å². The molecule has 5 nitrogen and oxygen atoms in total. The number of nitro groups is 1. The molecule has 0 radical (unpaired) electrons. The van der Waals surface area contributed by atoms with Crippen LogP contribution < -0.4 is 0 Å². The monoisotopic (exact) mass is 293 g/mol. The quantitative estimate of drug-likeness (QED) is 0.530. The number of para-hydroxylation sites is 1. The molecule has 2 aromatic carbocycles. The first-order chi connectivity index (χ1) is 10.7. The van der Waals surface area contributed by atoms with Gasteiger partial charge in [0.05, 0.1) is 0 Å². The summed E-state index contributed by atoms with van der Waals surface area (Å²) in [6.45, 7) is 0.191. The molecule has 1 aliphatic heterocycles. The Morgan fingerprint density at radius 3 is 2.64 bits per heavy atom. The van der Waals surface area contributed by atoms with E-state index in [0.29, 0.717) is 16.9 Å². The van der Waals surface area contributed by atoms with Crippen LogP contribution in [0.1, 0.15) is 16.9 Å². The highest BCUT2D eigenvalue weighted by Gasteiger charge is 2.32. The third-order valence-electron chi connectivity index (χ3n) is 3.70. The molecule has 0 amide bonds. The molecule has 0 fully saturated rings. The first-order valence-electron chi connectivity index (χ1n) is 6.83. The topological polar surface area (TPSA) is 65.5 Å². The molecule has 0 spiro atoms. The Bertz CT molecular complexity index is 890. The van der Waals surface area contributed by atoms with Crippen LogP contribution in [-0.2, 0) is 11.3 Å². The molecule has 0 aliphatic carbocycles. The van der Waals surface area contributed by atoms with Gasteiger partial charge in [-0.3, -0.25) is 10.1 Å². The minimum Gasteiger partial charge on any atom is -0.456 e. The lowest BCUT2D eigenvalue weighted by atomic mass is 9.96. The van der Waals surface area contributed by atoms with E-state index in [2.05, 4.69) is 0 Å². The second kappa shape index (κ2) is 4.73. The van der Waals surface area contributed by atoms with E-state index in [1.54, 1.807) is 6.07 Å². The van der Waals surface area contributed by atoms with Gasteiger partial charge < -0.3 is 9.15 Å². The zero-order valence-corrected chi connectivity index (χ0v) is 11.5. The molecular formula is C17H11NO4. The second-order valence-electron chi connectivity index (χ2n) is 5.03. The van der Waals surface area contributed by atoms with Gasteiger partial charge in [-0.15, -0.1) is 0 Å². The standard InChI is InChI=1S/C17H11NO4/c19-18(20)17-16(13-7-3-1-6-12(13)10-21-17)15-9-11-5-2-4-8-14(11)22-15/h1-9H,10H2. The molecule has 0 atom stereocenters. The van der Waals surface area contributed by atoms with Crippen LogP contribution in [0.5, 0.6) is 0 Å². The van der Waals surface area contributed by atoms with Gasteiger partial charge in [-0.05, 0) is 17.7 Å². The number of hydrogen-bond donors (Lipinski definition) is 0. The SMILES string of the molecule is O=[N+]([O-])C1=C(c2cc3ccccc3o2)c2ccccc2CO1. The van der Waals surface area contributed by atoms with Gasteiger partial charge in [0.25, 0.3) is 0 Å². The van der Waals surface area contributed by atoms with Gasteiger partial charge in [-0.1, -0.05) is 42.5 Å². The Balaban J connectivity index is 2.00. The molecule has 0 bridgehead atoms. The first-order valence-corrected chi connectivity index (χ1v) is 6.83. The van der Waals surface area contributed by atoms with Crippen molar-refractivity contribution in [3.05, 3.63) is 87.5 Å². The number of nitrogens with zero attached hydrogens (tertiary/aromatic N) is 1. The van der Waals surface area contributed by atoms with Gasteiger partial charge in [0.2, 0.25) is 0 Å². The average Bonchev–Trinajstić information content (AvgIpc) is 2.97. The van der Waals surface area contributed by atoms with E-state index in [-0.39, 0.29) is 12.5 Å². The summed E-state index contributed by atoms with van der Waals surface area (Å²) < 4.78 is 11.2. The summed E-state index contributed by atoms with van der Waals surface area (Å²) in [5.74, 6) is 0.179. The van der Waals surface area contributed by atoms with E-state index in [1.165, 1.54) is 0 Å². The maximum atomic E-state index is 11.3. The van der Waals surface area contributed by atoms with Gasteiger partial charge >= 0.3 is 5.88 Å². The van der Waals surface area contributed by atoms with Crippen LogP contribution >= 0.6 is 0 Å². The van der Waals surface area contributed by atoms with Gasteiger partial charge in [0.15, 0.2) is 0 Å². The highest BCUT2D eigenvalue weighted by molar-refractivity contribution is 5.87. The van der Waals surface area contributed by atoms with Crippen molar-refractivity contribution in [1.82, 2.24) is 0 Å². The van der Waals surface area contributed by atoms with E-state index in [9.17, 15) is 10.1 Å². The van der Waals surface area contributed by atoms with Crippen molar-refractivity contribution in [2.24, 2.45) is 0 Å². The Labute approximate surface area is 125 Å². The lowest BCUT2D eigenvalue weighted by Gasteiger charge is -2.17. The molecular weight excluding hydrogens is 282 g/mol. The molecule has 5 heteroatoms. The lowest BCUT2D eigenvalue weighted by molar-refractivity contribution is -0.464. The van der Waals surface area contributed by atoms with E-state index in [4.69, 9.17) is 9.15 Å². The summed E-state index contributed by atoms with van der Waals surface area (Å²) in [4.78, 5) is 10.8. The third kappa shape index (κ3) is 1.87. The molecule has 1 aliphatic rings. The highest BCUT2D eigenvalue weighted by Crippen LogP contribution is 2.37. The lowest BCUT2D eigenvalue weighted by Crippen LogP contribution is -2.14. The highest BCUT2D eigenvalue weighted by atomic mass is 16.7. The molecule has 0 saturated carbocycles. The minimum atomic E-state index is -0.502. The summed E-state index contributed by atoms with van der Waals surface area (Å²) in [5, 5.41) is 12.2. The molecule has 0 saturated heterocycles. The predicted octanol–water partition coefficient (Wildman–Crippen LogP) is 3.96. The Morgan fingerprint density at radius 2 is 1.82 bits per heavy atom. The van der Waals surface area contributed by atoms with Crippen LogP contribution in [0.4, 0.5) is 0 Å². The summed E-state index contributed by atoms with van der Waals surface area (Å²) in [6.07, 6.45) is 0.